The lowest BCUT2D eigenvalue weighted by Crippen LogP contribution is -2.19. The largest absolute Gasteiger partial charge is 0.375 e. The van der Waals surface area contributed by atoms with Crippen molar-refractivity contribution in [3.05, 3.63) is 43.1 Å². The fourth-order valence-corrected chi connectivity index (χ4v) is 3.79. The van der Waals surface area contributed by atoms with Crippen molar-refractivity contribution in [1.82, 2.24) is 4.98 Å². The van der Waals surface area contributed by atoms with Crippen molar-refractivity contribution in [2.75, 3.05) is 5.73 Å². The molecule has 128 valence electrons. The standard InChI is InChI=1S/C15H18N4O4S/c1-7-10(9-6-17-14(16)24-9)8(2)13(19(22)23)11(15(3,4)5)12(7)18(20)21/h6H,1-5H3,(H2,16,17). The number of nitrogens with zero attached hydrogens (tertiary/aromatic N) is 3. The Morgan fingerprint density at radius 2 is 1.54 bits per heavy atom. The molecule has 0 aliphatic carbocycles. The molecule has 0 bridgehead atoms. The maximum absolute atomic E-state index is 11.7. The van der Waals surface area contributed by atoms with Crippen molar-refractivity contribution in [2.45, 2.75) is 40.0 Å². The molecule has 0 spiro atoms. The summed E-state index contributed by atoms with van der Waals surface area (Å²) in [6.07, 6.45) is 1.49. The second kappa shape index (κ2) is 5.82. The molecule has 9 heteroatoms. The van der Waals surface area contributed by atoms with Gasteiger partial charge in [-0.15, -0.1) is 0 Å². The number of hydrogen-bond donors (Lipinski definition) is 1. The van der Waals surface area contributed by atoms with Gasteiger partial charge in [0, 0.05) is 28.3 Å². The van der Waals surface area contributed by atoms with E-state index in [9.17, 15) is 20.2 Å². The summed E-state index contributed by atoms with van der Waals surface area (Å²) in [6.45, 7) is 8.40. The zero-order chi connectivity index (χ0) is 18.4. The first-order valence-electron chi connectivity index (χ1n) is 7.14. The molecule has 1 aromatic carbocycles. The van der Waals surface area contributed by atoms with Gasteiger partial charge in [-0.1, -0.05) is 32.1 Å². The Balaban J connectivity index is 3.06. The first kappa shape index (κ1) is 17.8. The third-order valence-electron chi connectivity index (χ3n) is 3.82. The zero-order valence-electron chi connectivity index (χ0n) is 14.0. The van der Waals surface area contributed by atoms with E-state index >= 15 is 0 Å². The molecule has 0 fully saturated rings. The minimum Gasteiger partial charge on any atom is -0.375 e. The molecule has 8 nitrogen and oxygen atoms in total. The highest BCUT2D eigenvalue weighted by molar-refractivity contribution is 7.18. The molecule has 1 aromatic heterocycles. The van der Waals surface area contributed by atoms with Crippen LogP contribution in [0.25, 0.3) is 10.4 Å². The summed E-state index contributed by atoms with van der Waals surface area (Å²) in [5.74, 6) is 0. The maximum atomic E-state index is 11.7. The number of nitrogens with two attached hydrogens (primary N) is 1. The summed E-state index contributed by atoms with van der Waals surface area (Å²) in [6, 6.07) is 0. The number of rotatable bonds is 3. The minimum absolute atomic E-state index is 0.133. The molecule has 1 heterocycles. The van der Waals surface area contributed by atoms with Gasteiger partial charge < -0.3 is 5.73 Å². The average molecular weight is 350 g/mol. The smallest absolute Gasteiger partial charge is 0.283 e. The number of aromatic nitrogens is 1. The van der Waals surface area contributed by atoms with Crippen LogP contribution in [0.5, 0.6) is 0 Å². The van der Waals surface area contributed by atoms with Crippen LogP contribution in [0.1, 0.15) is 37.5 Å². The van der Waals surface area contributed by atoms with Gasteiger partial charge in [0.1, 0.15) is 5.56 Å². The zero-order valence-corrected chi connectivity index (χ0v) is 14.9. The molecule has 2 aromatic rings. The molecule has 0 aliphatic rings. The van der Waals surface area contributed by atoms with Crippen LogP contribution < -0.4 is 5.73 Å². The van der Waals surface area contributed by atoms with E-state index in [0.29, 0.717) is 26.7 Å². The molecule has 0 saturated carbocycles. The van der Waals surface area contributed by atoms with E-state index in [1.165, 1.54) is 6.20 Å². The first-order valence-corrected chi connectivity index (χ1v) is 7.96. The Morgan fingerprint density at radius 1 is 1.08 bits per heavy atom. The van der Waals surface area contributed by atoms with Gasteiger partial charge >= 0.3 is 0 Å². The summed E-state index contributed by atoms with van der Waals surface area (Å²) in [7, 11) is 0. The van der Waals surface area contributed by atoms with E-state index in [1.807, 2.05) is 0 Å². The van der Waals surface area contributed by atoms with Gasteiger partial charge in [0.15, 0.2) is 5.13 Å². The van der Waals surface area contributed by atoms with Crippen LogP contribution in [0.4, 0.5) is 16.5 Å². The Kier molecular flexibility index (Phi) is 4.32. The topological polar surface area (TPSA) is 125 Å². The number of nitro groups is 2. The van der Waals surface area contributed by atoms with Gasteiger partial charge in [0.2, 0.25) is 0 Å². The Morgan fingerprint density at radius 3 is 1.83 bits per heavy atom. The summed E-state index contributed by atoms with van der Waals surface area (Å²) < 4.78 is 0. The van der Waals surface area contributed by atoms with Crippen LogP contribution in [-0.2, 0) is 5.41 Å². The van der Waals surface area contributed by atoms with Gasteiger partial charge in [-0.3, -0.25) is 20.2 Å². The van der Waals surface area contributed by atoms with Gasteiger partial charge in [0.05, 0.1) is 14.7 Å². The molecule has 0 unspecified atom stereocenters. The van der Waals surface area contributed by atoms with Crippen molar-refractivity contribution < 1.29 is 9.85 Å². The molecule has 2 N–H and O–H groups in total. The molecule has 0 amide bonds. The lowest BCUT2D eigenvalue weighted by atomic mass is 9.80. The van der Waals surface area contributed by atoms with E-state index in [4.69, 9.17) is 5.73 Å². The number of thiazole rings is 1. The van der Waals surface area contributed by atoms with Crippen LogP contribution in [0.2, 0.25) is 0 Å². The summed E-state index contributed by atoms with van der Waals surface area (Å²) in [5.41, 5.74) is 5.81. The van der Waals surface area contributed by atoms with E-state index < -0.39 is 15.3 Å². The normalized spacial score (nSPS) is 11.5. The molecule has 0 atom stereocenters. The van der Waals surface area contributed by atoms with Crippen LogP contribution in [-0.4, -0.2) is 14.8 Å². The molecular formula is C15H18N4O4S. The number of nitro benzene ring substituents is 2. The van der Waals surface area contributed by atoms with E-state index in [2.05, 4.69) is 4.98 Å². The van der Waals surface area contributed by atoms with Crippen molar-refractivity contribution in [1.29, 1.82) is 0 Å². The second-order valence-electron chi connectivity index (χ2n) is 6.52. The van der Waals surface area contributed by atoms with Gasteiger partial charge in [0.25, 0.3) is 11.4 Å². The fraction of sp³-hybridized carbons (Fsp3) is 0.400. The van der Waals surface area contributed by atoms with Crippen molar-refractivity contribution in [3.8, 4) is 10.4 Å². The predicted molar refractivity (Wildman–Crippen MR) is 93.4 cm³/mol. The first-order chi connectivity index (χ1) is 11.0. The predicted octanol–water partition coefficient (Wildman–Crippen LogP) is 4.12. The average Bonchev–Trinajstić information content (AvgIpc) is 2.82. The van der Waals surface area contributed by atoms with Gasteiger partial charge in [-0.25, -0.2) is 4.98 Å². The van der Waals surface area contributed by atoms with Crippen LogP contribution in [0, 0.1) is 34.1 Å². The van der Waals surface area contributed by atoms with Gasteiger partial charge in [-0.2, -0.15) is 0 Å². The minimum atomic E-state index is -0.758. The van der Waals surface area contributed by atoms with E-state index in [-0.39, 0.29) is 16.9 Å². The highest BCUT2D eigenvalue weighted by atomic mass is 32.1. The molecule has 2 rings (SSSR count). The van der Waals surface area contributed by atoms with Crippen LogP contribution in [0.3, 0.4) is 0 Å². The number of anilines is 1. The number of benzene rings is 1. The van der Waals surface area contributed by atoms with E-state index in [0.717, 1.165) is 11.3 Å². The number of hydrogen-bond acceptors (Lipinski definition) is 7. The molecule has 0 radical (unpaired) electrons. The maximum Gasteiger partial charge on any atom is 0.283 e. The van der Waals surface area contributed by atoms with Crippen molar-refractivity contribution in [2.24, 2.45) is 0 Å². The van der Waals surface area contributed by atoms with Crippen molar-refractivity contribution >= 4 is 27.8 Å². The monoisotopic (exact) mass is 350 g/mol. The third kappa shape index (κ3) is 2.82. The quantitative estimate of drug-likeness (QED) is 0.655. The third-order valence-corrected chi connectivity index (χ3v) is 4.66. The summed E-state index contributed by atoms with van der Waals surface area (Å²) in [4.78, 5) is 26.9. The molecular weight excluding hydrogens is 332 g/mol. The van der Waals surface area contributed by atoms with Gasteiger partial charge in [-0.05, 0) is 13.8 Å². The highest BCUT2D eigenvalue weighted by Gasteiger charge is 2.39. The van der Waals surface area contributed by atoms with E-state index in [1.54, 1.807) is 34.6 Å². The second-order valence-corrected chi connectivity index (χ2v) is 7.59. The lowest BCUT2D eigenvalue weighted by Gasteiger charge is -2.22. The Labute approximate surface area is 142 Å². The Bertz CT molecular complexity index is 811. The molecule has 0 aliphatic heterocycles. The van der Waals surface area contributed by atoms with Crippen LogP contribution in [0.15, 0.2) is 6.20 Å². The van der Waals surface area contributed by atoms with Crippen molar-refractivity contribution in [3.63, 3.8) is 0 Å². The Hall–Kier alpha value is -2.55. The summed E-state index contributed by atoms with van der Waals surface area (Å²) in [5, 5.41) is 23.7. The highest BCUT2D eigenvalue weighted by Crippen LogP contribution is 2.48. The number of nitrogen functional groups attached to an aromatic ring is 1. The molecule has 0 saturated heterocycles. The fourth-order valence-electron chi connectivity index (χ4n) is 2.94. The molecule has 24 heavy (non-hydrogen) atoms. The summed E-state index contributed by atoms with van der Waals surface area (Å²) >= 11 is 1.14. The van der Waals surface area contributed by atoms with Crippen LogP contribution >= 0.6 is 11.3 Å². The lowest BCUT2D eigenvalue weighted by molar-refractivity contribution is -0.396. The SMILES string of the molecule is Cc1c(-c2cnc(N)s2)c(C)c([N+](=O)[O-])c(C(C)(C)C)c1[N+](=O)[O-].